The number of nitrogens with zero attached hydrogens (tertiary/aromatic N) is 2. The lowest BCUT2D eigenvalue weighted by Crippen LogP contribution is -2.36. The number of carbonyl (C=O) groups excluding carboxylic acids is 1. The minimum atomic E-state index is -4.80. The van der Waals surface area contributed by atoms with Crippen molar-refractivity contribution < 1.29 is 43.4 Å². The number of phosphoric ester groups is 1. The van der Waals surface area contributed by atoms with Crippen LogP contribution in [0, 0.1) is 0 Å². The Morgan fingerprint density at radius 3 is 2.70 bits per heavy atom. The number of amides is 1. The number of aromatic nitrogens is 2. The summed E-state index contributed by atoms with van der Waals surface area (Å²) in [6.07, 6.45) is -4.51. The second kappa shape index (κ2) is 8.99. The van der Waals surface area contributed by atoms with Crippen LogP contribution in [0.4, 0.5) is 5.82 Å². The van der Waals surface area contributed by atoms with Gasteiger partial charge in [0.25, 0.3) is 0 Å². The number of aliphatic hydroxyl groups excluding tert-OH is 2. The van der Waals surface area contributed by atoms with Gasteiger partial charge in [0.2, 0.25) is 5.91 Å². The van der Waals surface area contributed by atoms with E-state index in [0.717, 1.165) is 4.57 Å². The van der Waals surface area contributed by atoms with Gasteiger partial charge in [0.05, 0.1) is 19.6 Å². The van der Waals surface area contributed by atoms with Crippen LogP contribution < -0.4 is 11.0 Å². The molecule has 14 heteroatoms. The first-order valence-electron chi connectivity index (χ1n) is 7.72. The number of nitrogens with one attached hydrogen (secondary N) is 1. The Bertz CT molecular complexity index is 765. The molecule has 0 aromatic carbocycles. The molecule has 1 aliphatic heterocycles. The first kappa shape index (κ1) is 21.6. The SMILES string of the molecule is COCCC(=O)Nc1ccn([C@@H]2O[C@H](COP(=O)(O)O)[C@H](O)C2O)c(=O)n1. The molecule has 1 unspecified atom stereocenters. The normalized spacial score (nSPS) is 25.5. The minimum Gasteiger partial charge on any atom is -0.387 e. The minimum absolute atomic E-state index is 0.0215. The Kier molecular flexibility index (Phi) is 7.19. The van der Waals surface area contributed by atoms with Crippen molar-refractivity contribution in [2.75, 3.05) is 25.6 Å². The molecule has 1 amide bonds. The van der Waals surface area contributed by atoms with Crippen LogP contribution in [0.5, 0.6) is 0 Å². The van der Waals surface area contributed by atoms with Crippen LogP contribution in [-0.2, 0) is 23.4 Å². The van der Waals surface area contributed by atoms with E-state index in [1.54, 1.807) is 0 Å². The summed E-state index contributed by atoms with van der Waals surface area (Å²) in [7, 11) is -3.36. The Balaban J connectivity index is 2.08. The van der Waals surface area contributed by atoms with Gasteiger partial charge in [-0.05, 0) is 6.07 Å². The van der Waals surface area contributed by atoms with Crippen molar-refractivity contribution >= 4 is 19.5 Å². The average Bonchev–Trinajstić information content (AvgIpc) is 2.86. The maximum absolute atomic E-state index is 12.1. The van der Waals surface area contributed by atoms with Gasteiger partial charge < -0.3 is 34.8 Å². The van der Waals surface area contributed by atoms with Crippen molar-refractivity contribution in [2.24, 2.45) is 0 Å². The molecule has 0 aliphatic carbocycles. The fourth-order valence-electron chi connectivity index (χ4n) is 2.34. The molecule has 0 spiro atoms. The van der Waals surface area contributed by atoms with Gasteiger partial charge in [0.15, 0.2) is 6.23 Å². The average molecular weight is 409 g/mol. The van der Waals surface area contributed by atoms with E-state index in [-0.39, 0.29) is 18.8 Å². The molecule has 2 rings (SSSR count). The zero-order valence-corrected chi connectivity index (χ0v) is 15.1. The molecule has 0 saturated carbocycles. The van der Waals surface area contributed by atoms with Crippen LogP contribution in [0.2, 0.25) is 0 Å². The second-order valence-corrected chi connectivity index (χ2v) is 6.87. The van der Waals surface area contributed by atoms with E-state index in [0.29, 0.717) is 0 Å². The first-order valence-corrected chi connectivity index (χ1v) is 9.25. The molecule has 2 heterocycles. The molecule has 1 aromatic heterocycles. The van der Waals surface area contributed by atoms with Crippen LogP contribution in [0.1, 0.15) is 12.6 Å². The number of phosphoric acid groups is 1. The summed E-state index contributed by atoms with van der Waals surface area (Å²) in [6, 6.07) is 1.29. The Hall–Kier alpha value is -1.70. The molecule has 4 atom stereocenters. The van der Waals surface area contributed by atoms with Gasteiger partial charge in [-0.15, -0.1) is 0 Å². The van der Waals surface area contributed by atoms with E-state index in [1.807, 2.05) is 0 Å². The Labute approximate surface area is 152 Å². The van der Waals surface area contributed by atoms with Crippen molar-refractivity contribution in [3.63, 3.8) is 0 Å². The Morgan fingerprint density at radius 1 is 1.41 bits per heavy atom. The molecule has 1 aromatic rings. The highest BCUT2D eigenvalue weighted by Crippen LogP contribution is 2.38. The van der Waals surface area contributed by atoms with Crippen molar-refractivity contribution in [3.05, 3.63) is 22.7 Å². The lowest BCUT2D eigenvalue weighted by Gasteiger charge is -2.17. The molecule has 1 fully saturated rings. The molecule has 1 saturated heterocycles. The number of hydrogen-bond donors (Lipinski definition) is 5. The van der Waals surface area contributed by atoms with Gasteiger partial charge >= 0.3 is 13.5 Å². The molecule has 0 radical (unpaired) electrons. The van der Waals surface area contributed by atoms with Gasteiger partial charge in [-0.3, -0.25) is 13.9 Å². The van der Waals surface area contributed by atoms with Crippen LogP contribution in [0.25, 0.3) is 0 Å². The van der Waals surface area contributed by atoms with Gasteiger partial charge in [-0.1, -0.05) is 0 Å². The Morgan fingerprint density at radius 2 is 2.11 bits per heavy atom. The summed E-state index contributed by atoms with van der Waals surface area (Å²) in [5.74, 6) is -0.435. The lowest BCUT2D eigenvalue weighted by molar-refractivity contribution is -0.117. The summed E-state index contributed by atoms with van der Waals surface area (Å²) in [5, 5.41) is 22.4. The van der Waals surface area contributed by atoms with Crippen LogP contribution in [-0.4, -0.2) is 74.1 Å². The molecule has 27 heavy (non-hydrogen) atoms. The number of ether oxygens (including phenoxy) is 2. The molecule has 0 bridgehead atoms. The summed E-state index contributed by atoms with van der Waals surface area (Å²) in [5.41, 5.74) is -0.882. The maximum Gasteiger partial charge on any atom is 0.469 e. The summed E-state index contributed by atoms with van der Waals surface area (Å²) >= 11 is 0. The van der Waals surface area contributed by atoms with E-state index in [2.05, 4.69) is 14.8 Å². The maximum atomic E-state index is 12.1. The van der Waals surface area contributed by atoms with E-state index in [4.69, 9.17) is 19.3 Å². The molecule has 5 N–H and O–H groups in total. The van der Waals surface area contributed by atoms with Crippen LogP contribution >= 0.6 is 7.82 Å². The summed E-state index contributed by atoms with van der Waals surface area (Å²) in [4.78, 5) is 44.8. The molecule has 152 valence electrons. The second-order valence-electron chi connectivity index (χ2n) is 5.63. The molecular weight excluding hydrogens is 389 g/mol. The van der Waals surface area contributed by atoms with Crippen molar-refractivity contribution in [2.45, 2.75) is 31.0 Å². The predicted octanol–water partition coefficient (Wildman–Crippen LogP) is -2.05. The fraction of sp³-hybridized carbons (Fsp3) is 0.615. The third kappa shape index (κ3) is 5.89. The fourth-order valence-corrected chi connectivity index (χ4v) is 2.68. The molecule has 1 aliphatic rings. The highest BCUT2D eigenvalue weighted by Gasteiger charge is 2.45. The number of methoxy groups -OCH3 is 1. The van der Waals surface area contributed by atoms with Crippen molar-refractivity contribution in [1.29, 1.82) is 0 Å². The van der Waals surface area contributed by atoms with E-state index in [9.17, 15) is 24.4 Å². The van der Waals surface area contributed by atoms with Crippen molar-refractivity contribution in [1.82, 2.24) is 9.55 Å². The largest absolute Gasteiger partial charge is 0.469 e. The van der Waals surface area contributed by atoms with Gasteiger partial charge in [0, 0.05) is 13.3 Å². The van der Waals surface area contributed by atoms with E-state index >= 15 is 0 Å². The number of anilines is 1. The van der Waals surface area contributed by atoms with Crippen LogP contribution in [0.15, 0.2) is 17.1 Å². The number of hydrogen-bond acceptors (Lipinski definition) is 9. The highest BCUT2D eigenvalue weighted by atomic mass is 31.2. The quantitative estimate of drug-likeness (QED) is 0.297. The highest BCUT2D eigenvalue weighted by molar-refractivity contribution is 7.46. The third-order valence-electron chi connectivity index (χ3n) is 3.65. The zero-order chi connectivity index (χ0) is 20.2. The molecular formula is C13H20N3O10P. The number of carbonyl (C=O) groups is 1. The third-order valence-corrected chi connectivity index (χ3v) is 4.13. The van der Waals surface area contributed by atoms with E-state index in [1.165, 1.54) is 19.4 Å². The predicted molar refractivity (Wildman–Crippen MR) is 87.5 cm³/mol. The summed E-state index contributed by atoms with van der Waals surface area (Å²) < 4.78 is 25.9. The lowest BCUT2D eigenvalue weighted by atomic mass is 10.1. The number of aliphatic hydroxyl groups is 2. The van der Waals surface area contributed by atoms with Gasteiger partial charge in [-0.2, -0.15) is 4.98 Å². The smallest absolute Gasteiger partial charge is 0.387 e. The van der Waals surface area contributed by atoms with Crippen LogP contribution in [0.3, 0.4) is 0 Å². The first-order chi connectivity index (χ1) is 12.6. The van der Waals surface area contributed by atoms with E-state index < -0.39 is 50.6 Å². The monoisotopic (exact) mass is 409 g/mol. The summed E-state index contributed by atoms with van der Waals surface area (Å²) in [6.45, 7) is -0.504. The zero-order valence-electron chi connectivity index (χ0n) is 14.2. The number of rotatable bonds is 8. The standard InChI is InChI=1S/C13H20N3O10P/c1-24-5-3-9(17)14-8-2-4-16(13(20)15-8)12-11(19)10(18)7(26-12)6-25-27(21,22)23/h2,4,7,10-12,18-19H,3,5-6H2,1H3,(H2,21,22,23)(H,14,15,17,20)/t7-,10+,11?,12-/m1/s1. The topological polar surface area (TPSA) is 190 Å². The van der Waals surface area contributed by atoms with Gasteiger partial charge in [0.1, 0.15) is 24.1 Å². The van der Waals surface area contributed by atoms with Crippen molar-refractivity contribution in [3.8, 4) is 0 Å². The van der Waals surface area contributed by atoms with Gasteiger partial charge in [-0.25, -0.2) is 9.36 Å². The molecule has 13 nitrogen and oxygen atoms in total.